The first kappa shape index (κ1) is 20.7. The number of alkyl halides is 4. The highest BCUT2D eigenvalue weighted by Crippen LogP contribution is 2.35. The van der Waals surface area contributed by atoms with E-state index in [1.165, 1.54) is 31.4 Å². The molecule has 1 heterocycles. The van der Waals surface area contributed by atoms with Crippen molar-refractivity contribution in [3.63, 3.8) is 0 Å². The van der Waals surface area contributed by atoms with E-state index in [0.29, 0.717) is 40.3 Å². The number of ether oxygens (including phenoxy) is 3. The largest absolute Gasteiger partial charge is 0.573 e. The molecule has 0 aliphatic rings. The predicted octanol–water partition coefficient (Wildman–Crippen LogP) is 5.03. The summed E-state index contributed by atoms with van der Waals surface area (Å²) in [7, 11) is 1.48. The zero-order chi connectivity index (χ0) is 21.0. The molecular weight excluding hydrogens is 413 g/mol. The van der Waals surface area contributed by atoms with E-state index in [0.717, 1.165) is 0 Å². The van der Waals surface area contributed by atoms with Gasteiger partial charge in [0.05, 0.1) is 12.5 Å². The van der Waals surface area contributed by atoms with E-state index in [-0.39, 0.29) is 5.75 Å². The minimum Gasteiger partial charge on any atom is -0.493 e. The number of nitrogens with zero attached hydrogens (tertiary/aromatic N) is 3. The lowest BCUT2D eigenvalue weighted by atomic mass is 10.2. The Labute approximate surface area is 168 Å². The van der Waals surface area contributed by atoms with Crippen LogP contribution in [0.3, 0.4) is 0 Å². The second kappa shape index (κ2) is 8.56. The van der Waals surface area contributed by atoms with Crippen LogP contribution in [-0.4, -0.2) is 34.4 Å². The molecule has 0 saturated carbocycles. The summed E-state index contributed by atoms with van der Waals surface area (Å²) in [5.41, 5.74) is 0.411. The molecule has 1 unspecified atom stereocenters. The fraction of sp³-hybridized carbons (Fsp3) is 0.278. The minimum atomic E-state index is -4.75. The van der Waals surface area contributed by atoms with Gasteiger partial charge in [-0.05, 0) is 42.0 Å². The quantitative estimate of drug-likeness (QED) is 0.529. The molecule has 3 aromatic rings. The van der Waals surface area contributed by atoms with E-state index in [9.17, 15) is 13.2 Å². The van der Waals surface area contributed by atoms with Gasteiger partial charge in [-0.25, -0.2) is 0 Å². The molecular formula is C18H16ClF3N4O3. The van der Waals surface area contributed by atoms with Crippen molar-refractivity contribution < 1.29 is 27.4 Å². The molecule has 11 heteroatoms. The lowest BCUT2D eigenvalue weighted by Crippen LogP contribution is -2.17. The van der Waals surface area contributed by atoms with Gasteiger partial charge >= 0.3 is 6.36 Å². The summed E-state index contributed by atoms with van der Waals surface area (Å²) < 4.78 is 51.7. The van der Waals surface area contributed by atoms with Gasteiger partial charge in [0.15, 0.2) is 22.9 Å². The highest BCUT2D eigenvalue weighted by atomic mass is 35.5. The van der Waals surface area contributed by atoms with Crippen LogP contribution in [0.5, 0.6) is 17.2 Å². The second-order valence-corrected chi connectivity index (χ2v) is 6.28. The number of aromatic nitrogens is 3. The van der Waals surface area contributed by atoms with Crippen LogP contribution in [0.4, 0.5) is 24.7 Å². The molecule has 0 aliphatic carbocycles. The maximum absolute atomic E-state index is 12.3. The Morgan fingerprint density at radius 2 is 1.83 bits per heavy atom. The molecule has 29 heavy (non-hydrogen) atoms. The number of fused-ring (bicyclic) bond motifs is 1. The lowest BCUT2D eigenvalue weighted by Gasteiger charge is -2.15. The highest BCUT2D eigenvalue weighted by molar-refractivity contribution is 6.19. The van der Waals surface area contributed by atoms with Crippen LogP contribution in [0.1, 0.15) is 13.3 Å². The number of halogens is 4. The molecule has 2 aromatic carbocycles. The van der Waals surface area contributed by atoms with Gasteiger partial charge in [0, 0.05) is 11.8 Å². The van der Waals surface area contributed by atoms with Crippen LogP contribution in [0, 0.1) is 0 Å². The zero-order valence-electron chi connectivity index (χ0n) is 15.3. The second-order valence-electron chi connectivity index (χ2n) is 5.79. The summed E-state index contributed by atoms with van der Waals surface area (Å²) in [6.07, 6.45) is -4.16. The van der Waals surface area contributed by atoms with Crippen molar-refractivity contribution in [1.29, 1.82) is 0 Å². The standard InChI is InChI=1S/C18H16ClF3N4O3/c1-3-16(19)28-15-9-13-12(8-14(15)27-2)17(25-26-24-13)23-10-4-6-11(7-5-10)29-18(20,21)22/h4-9,16H,3H2,1-2H3,(H,23,24,25). The van der Waals surface area contributed by atoms with Gasteiger partial charge in [-0.1, -0.05) is 18.5 Å². The number of anilines is 2. The number of hydrogen-bond donors (Lipinski definition) is 1. The summed E-state index contributed by atoms with van der Waals surface area (Å²) in [6.45, 7) is 1.88. The molecule has 0 amide bonds. The molecule has 1 N–H and O–H groups in total. The van der Waals surface area contributed by atoms with Crippen LogP contribution in [-0.2, 0) is 0 Å². The van der Waals surface area contributed by atoms with Crippen LogP contribution >= 0.6 is 11.6 Å². The Bertz CT molecular complexity index is 986. The molecule has 1 aromatic heterocycles. The Hall–Kier alpha value is -3.01. The van der Waals surface area contributed by atoms with Crippen molar-refractivity contribution in [2.24, 2.45) is 0 Å². The fourth-order valence-electron chi connectivity index (χ4n) is 2.43. The molecule has 0 aliphatic heterocycles. The van der Waals surface area contributed by atoms with Gasteiger partial charge in [-0.15, -0.1) is 23.4 Å². The molecule has 154 valence electrons. The third kappa shape index (κ3) is 5.29. The van der Waals surface area contributed by atoms with E-state index in [2.05, 4.69) is 25.5 Å². The fourth-order valence-corrected chi connectivity index (χ4v) is 2.53. The zero-order valence-corrected chi connectivity index (χ0v) is 16.1. The van der Waals surface area contributed by atoms with Crippen LogP contribution in [0.25, 0.3) is 10.9 Å². The first-order valence-corrected chi connectivity index (χ1v) is 8.87. The molecule has 0 radical (unpaired) electrons. The first-order chi connectivity index (χ1) is 13.8. The molecule has 7 nitrogen and oxygen atoms in total. The summed E-state index contributed by atoms with van der Waals surface area (Å²) in [4.78, 5) is 0. The normalized spacial score (nSPS) is 12.5. The third-order valence-electron chi connectivity index (χ3n) is 3.76. The minimum absolute atomic E-state index is 0.330. The Morgan fingerprint density at radius 3 is 2.45 bits per heavy atom. The van der Waals surface area contributed by atoms with Gasteiger partial charge in [0.25, 0.3) is 0 Å². The average Bonchev–Trinajstić information content (AvgIpc) is 2.68. The molecule has 3 rings (SSSR count). The Morgan fingerprint density at radius 1 is 1.10 bits per heavy atom. The Balaban J connectivity index is 1.90. The van der Waals surface area contributed by atoms with Crippen LogP contribution in [0.15, 0.2) is 36.4 Å². The summed E-state index contributed by atoms with van der Waals surface area (Å²) in [5, 5.41) is 15.2. The maximum atomic E-state index is 12.3. The van der Waals surface area contributed by atoms with E-state index in [4.69, 9.17) is 21.1 Å². The SMILES string of the molecule is CCC(Cl)Oc1cc2nnnc(Nc3ccc(OC(F)(F)F)cc3)c2cc1OC. The maximum Gasteiger partial charge on any atom is 0.573 e. The van der Waals surface area contributed by atoms with Crippen LogP contribution in [0.2, 0.25) is 0 Å². The number of benzene rings is 2. The molecule has 0 saturated heterocycles. The van der Waals surface area contributed by atoms with Crippen molar-refractivity contribution in [2.45, 2.75) is 25.3 Å². The Kier molecular flexibility index (Phi) is 6.12. The third-order valence-corrected chi connectivity index (χ3v) is 4.16. The van der Waals surface area contributed by atoms with Gasteiger partial charge in [0.2, 0.25) is 0 Å². The summed E-state index contributed by atoms with van der Waals surface area (Å²) in [6, 6.07) is 8.50. The topological polar surface area (TPSA) is 78.4 Å². The van der Waals surface area contributed by atoms with Crippen molar-refractivity contribution >= 4 is 34.0 Å². The summed E-state index contributed by atoms with van der Waals surface area (Å²) >= 11 is 6.05. The van der Waals surface area contributed by atoms with Crippen molar-refractivity contribution in [2.75, 3.05) is 12.4 Å². The number of rotatable bonds is 7. The van der Waals surface area contributed by atoms with E-state index < -0.39 is 11.9 Å². The van der Waals surface area contributed by atoms with E-state index in [1.54, 1.807) is 12.1 Å². The average molecular weight is 429 g/mol. The van der Waals surface area contributed by atoms with Gasteiger partial charge in [0.1, 0.15) is 11.3 Å². The van der Waals surface area contributed by atoms with Crippen LogP contribution < -0.4 is 19.5 Å². The van der Waals surface area contributed by atoms with E-state index >= 15 is 0 Å². The first-order valence-electron chi connectivity index (χ1n) is 8.43. The number of hydrogen-bond acceptors (Lipinski definition) is 7. The number of methoxy groups -OCH3 is 1. The predicted molar refractivity (Wildman–Crippen MR) is 101 cm³/mol. The number of nitrogens with one attached hydrogen (secondary N) is 1. The molecule has 0 bridgehead atoms. The van der Waals surface area contributed by atoms with Gasteiger partial charge in [-0.3, -0.25) is 0 Å². The van der Waals surface area contributed by atoms with E-state index in [1.807, 2.05) is 6.92 Å². The molecule has 0 fully saturated rings. The summed E-state index contributed by atoms with van der Waals surface area (Å²) in [5.74, 6) is 0.830. The molecule has 0 spiro atoms. The van der Waals surface area contributed by atoms with Crippen molar-refractivity contribution in [1.82, 2.24) is 15.4 Å². The van der Waals surface area contributed by atoms with Crippen molar-refractivity contribution in [3.8, 4) is 17.2 Å². The molecule has 1 atom stereocenters. The lowest BCUT2D eigenvalue weighted by molar-refractivity contribution is -0.274. The smallest absolute Gasteiger partial charge is 0.493 e. The highest BCUT2D eigenvalue weighted by Gasteiger charge is 2.31. The van der Waals surface area contributed by atoms with Crippen molar-refractivity contribution in [3.05, 3.63) is 36.4 Å². The van der Waals surface area contributed by atoms with Gasteiger partial charge < -0.3 is 19.5 Å². The van der Waals surface area contributed by atoms with Gasteiger partial charge in [-0.2, -0.15) is 0 Å². The monoisotopic (exact) mass is 428 g/mol.